The highest BCUT2D eigenvalue weighted by molar-refractivity contribution is 6.05. The van der Waals surface area contributed by atoms with Gasteiger partial charge in [0.1, 0.15) is 0 Å². The molecule has 1 aliphatic carbocycles. The molecule has 160 valence electrons. The zero-order chi connectivity index (χ0) is 20.8. The quantitative estimate of drug-likeness (QED) is 0.592. The molecule has 1 saturated carbocycles. The van der Waals surface area contributed by atoms with E-state index in [4.69, 9.17) is 5.73 Å². The van der Waals surface area contributed by atoms with Crippen LogP contribution in [0.2, 0.25) is 0 Å². The lowest BCUT2D eigenvalue weighted by Crippen LogP contribution is -2.41. The van der Waals surface area contributed by atoms with Gasteiger partial charge in [-0.15, -0.1) is 0 Å². The second-order valence-corrected chi connectivity index (χ2v) is 8.84. The third-order valence-electron chi connectivity index (χ3n) is 6.56. The highest BCUT2D eigenvalue weighted by atomic mass is 16.1. The number of benzene rings is 2. The molecule has 0 spiro atoms. The average molecular weight is 407 g/mol. The Balaban J connectivity index is 1.24. The molecule has 2 aromatic rings. The second kappa shape index (κ2) is 9.98. The van der Waals surface area contributed by atoms with Crippen molar-refractivity contribution in [3.63, 3.8) is 0 Å². The van der Waals surface area contributed by atoms with E-state index in [1.54, 1.807) is 6.07 Å². The van der Waals surface area contributed by atoms with E-state index in [1.807, 2.05) is 42.5 Å². The molecule has 0 aromatic heterocycles. The van der Waals surface area contributed by atoms with Crippen molar-refractivity contribution in [2.45, 2.75) is 51.0 Å². The number of anilines is 3. The van der Waals surface area contributed by atoms with Gasteiger partial charge >= 0.3 is 0 Å². The molecule has 0 radical (unpaired) electrons. The summed E-state index contributed by atoms with van der Waals surface area (Å²) >= 11 is 0. The van der Waals surface area contributed by atoms with Crippen molar-refractivity contribution in [2.24, 2.45) is 5.92 Å². The van der Waals surface area contributed by atoms with Crippen LogP contribution in [0.25, 0.3) is 0 Å². The summed E-state index contributed by atoms with van der Waals surface area (Å²) in [7, 11) is 0. The topological polar surface area (TPSA) is 70.4 Å². The lowest BCUT2D eigenvalue weighted by atomic mass is 9.88. The Morgan fingerprint density at radius 3 is 2.33 bits per heavy atom. The van der Waals surface area contributed by atoms with E-state index >= 15 is 0 Å². The number of piperidine rings is 1. The van der Waals surface area contributed by atoms with Crippen LogP contribution in [-0.4, -0.2) is 36.5 Å². The molecule has 2 aliphatic rings. The van der Waals surface area contributed by atoms with Gasteiger partial charge in [-0.05, 0) is 68.0 Å². The van der Waals surface area contributed by atoms with Crippen molar-refractivity contribution in [1.82, 2.24) is 4.90 Å². The number of nitrogens with zero attached hydrogens (tertiary/aromatic N) is 1. The molecule has 5 heteroatoms. The number of carbonyl (C=O) groups excluding carboxylic acids is 1. The summed E-state index contributed by atoms with van der Waals surface area (Å²) in [5.41, 5.74) is 8.83. The van der Waals surface area contributed by atoms with Crippen LogP contribution >= 0.6 is 0 Å². The zero-order valence-electron chi connectivity index (χ0n) is 17.8. The van der Waals surface area contributed by atoms with Crippen molar-refractivity contribution in [1.29, 1.82) is 0 Å². The maximum Gasteiger partial charge on any atom is 0.255 e. The monoisotopic (exact) mass is 406 g/mol. The first kappa shape index (κ1) is 20.7. The highest BCUT2D eigenvalue weighted by Gasteiger charge is 2.22. The Bertz CT molecular complexity index is 821. The van der Waals surface area contributed by atoms with Crippen molar-refractivity contribution >= 4 is 23.0 Å². The summed E-state index contributed by atoms with van der Waals surface area (Å²) in [5.74, 6) is 0.781. The third kappa shape index (κ3) is 5.54. The average Bonchev–Trinajstić information content (AvgIpc) is 2.78. The summed E-state index contributed by atoms with van der Waals surface area (Å²) in [6, 6.07) is 15.5. The molecule has 4 N–H and O–H groups in total. The van der Waals surface area contributed by atoms with E-state index in [9.17, 15) is 4.79 Å². The Morgan fingerprint density at radius 1 is 0.933 bits per heavy atom. The molecule has 0 atom stereocenters. The summed E-state index contributed by atoms with van der Waals surface area (Å²) in [6.45, 7) is 3.67. The molecular formula is C25H34N4O. The fourth-order valence-electron chi connectivity index (χ4n) is 4.75. The third-order valence-corrected chi connectivity index (χ3v) is 6.56. The largest absolute Gasteiger partial charge is 0.397 e. The van der Waals surface area contributed by atoms with E-state index in [0.717, 1.165) is 11.6 Å². The minimum Gasteiger partial charge on any atom is -0.397 e. The minimum absolute atomic E-state index is 0.143. The molecule has 1 aliphatic heterocycles. The van der Waals surface area contributed by atoms with Crippen molar-refractivity contribution in [3.8, 4) is 0 Å². The van der Waals surface area contributed by atoms with Crippen molar-refractivity contribution in [2.75, 3.05) is 36.0 Å². The number of hydrogen-bond donors (Lipinski definition) is 3. The molecule has 1 heterocycles. The van der Waals surface area contributed by atoms with Crippen molar-refractivity contribution in [3.05, 3.63) is 54.1 Å². The van der Waals surface area contributed by atoms with Crippen molar-refractivity contribution < 1.29 is 4.79 Å². The molecule has 30 heavy (non-hydrogen) atoms. The molecule has 2 fully saturated rings. The second-order valence-electron chi connectivity index (χ2n) is 8.84. The number of likely N-dealkylation sites (tertiary alicyclic amines) is 1. The van der Waals surface area contributed by atoms with Crippen LogP contribution in [-0.2, 0) is 0 Å². The van der Waals surface area contributed by atoms with Crippen LogP contribution < -0.4 is 16.4 Å². The van der Waals surface area contributed by atoms with Gasteiger partial charge in [-0.1, -0.05) is 31.4 Å². The van der Waals surface area contributed by atoms with Gasteiger partial charge in [-0.3, -0.25) is 4.79 Å². The van der Waals surface area contributed by atoms with Gasteiger partial charge in [0.05, 0.1) is 11.4 Å². The van der Waals surface area contributed by atoms with Crippen LogP contribution in [0, 0.1) is 5.92 Å². The summed E-state index contributed by atoms with van der Waals surface area (Å²) in [5, 5.41) is 6.53. The lowest BCUT2D eigenvalue weighted by Gasteiger charge is -2.36. The summed E-state index contributed by atoms with van der Waals surface area (Å²) < 4.78 is 0. The highest BCUT2D eigenvalue weighted by Crippen LogP contribution is 2.26. The minimum atomic E-state index is -0.143. The van der Waals surface area contributed by atoms with Gasteiger partial charge in [0, 0.05) is 36.9 Å². The van der Waals surface area contributed by atoms with Gasteiger partial charge in [0.2, 0.25) is 0 Å². The molecule has 5 nitrogen and oxygen atoms in total. The molecular weight excluding hydrogens is 372 g/mol. The first-order valence-corrected chi connectivity index (χ1v) is 11.4. The SMILES string of the molecule is Nc1ccccc1NC(=O)c1ccc(NC2CCN(CC3CCCCC3)CC2)cc1. The fraction of sp³-hybridized carbons (Fsp3) is 0.480. The van der Waals surface area contributed by atoms with Crippen LogP contribution in [0.5, 0.6) is 0 Å². The molecule has 4 rings (SSSR count). The Kier molecular flexibility index (Phi) is 6.90. The Labute approximate surface area is 180 Å². The number of nitrogen functional groups attached to an aromatic ring is 1. The van der Waals surface area contributed by atoms with Gasteiger partial charge in [-0.2, -0.15) is 0 Å². The Morgan fingerprint density at radius 2 is 1.63 bits per heavy atom. The van der Waals surface area contributed by atoms with Crippen LogP contribution in [0.3, 0.4) is 0 Å². The van der Waals surface area contributed by atoms with E-state index in [-0.39, 0.29) is 5.91 Å². The first-order valence-electron chi connectivity index (χ1n) is 11.4. The van der Waals surface area contributed by atoms with Crippen LogP contribution in [0.1, 0.15) is 55.3 Å². The summed E-state index contributed by atoms with van der Waals surface area (Å²) in [4.78, 5) is 15.1. The van der Waals surface area contributed by atoms with E-state index < -0.39 is 0 Å². The maximum atomic E-state index is 12.5. The number of para-hydroxylation sites is 2. The Hall–Kier alpha value is -2.53. The number of nitrogens with two attached hydrogens (primary N) is 1. The van der Waals surface area contributed by atoms with E-state index in [0.29, 0.717) is 23.0 Å². The molecule has 1 saturated heterocycles. The smallest absolute Gasteiger partial charge is 0.255 e. The summed E-state index contributed by atoms with van der Waals surface area (Å²) in [6.07, 6.45) is 9.50. The number of rotatable bonds is 6. The molecule has 0 unspecified atom stereocenters. The number of amides is 1. The normalized spacial score (nSPS) is 18.8. The number of hydrogen-bond acceptors (Lipinski definition) is 4. The number of carbonyl (C=O) groups is 1. The van der Waals surface area contributed by atoms with Gasteiger partial charge in [0.25, 0.3) is 5.91 Å². The standard InChI is InChI=1S/C25H34N4O/c26-23-8-4-5-9-24(23)28-25(30)20-10-12-21(13-11-20)27-22-14-16-29(17-15-22)18-19-6-2-1-3-7-19/h4-5,8-13,19,22,27H,1-3,6-7,14-18,26H2,(H,28,30). The van der Waals surface area contributed by atoms with Crippen LogP contribution in [0.4, 0.5) is 17.1 Å². The van der Waals surface area contributed by atoms with Gasteiger partial charge < -0.3 is 21.3 Å². The predicted octanol–water partition coefficient (Wildman–Crippen LogP) is 4.98. The molecule has 1 amide bonds. The fourth-order valence-corrected chi connectivity index (χ4v) is 4.75. The lowest BCUT2D eigenvalue weighted by molar-refractivity contribution is 0.102. The van der Waals surface area contributed by atoms with E-state index in [1.165, 1.54) is 64.6 Å². The van der Waals surface area contributed by atoms with Gasteiger partial charge in [-0.25, -0.2) is 0 Å². The molecule has 0 bridgehead atoms. The maximum absolute atomic E-state index is 12.5. The molecule has 2 aromatic carbocycles. The predicted molar refractivity (Wildman–Crippen MR) is 125 cm³/mol. The first-order chi connectivity index (χ1) is 14.7. The van der Waals surface area contributed by atoms with Gasteiger partial charge in [0.15, 0.2) is 0 Å². The number of nitrogens with one attached hydrogen (secondary N) is 2. The van der Waals surface area contributed by atoms with Crippen LogP contribution in [0.15, 0.2) is 48.5 Å². The zero-order valence-corrected chi connectivity index (χ0v) is 17.8. The van der Waals surface area contributed by atoms with E-state index in [2.05, 4.69) is 15.5 Å².